The Morgan fingerprint density at radius 3 is 2.45 bits per heavy atom. The van der Waals surface area contributed by atoms with E-state index in [9.17, 15) is 4.79 Å². The van der Waals surface area contributed by atoms with Crippen LogP contribution in [-0.2, 0) is 4.79 Å². The Morgan fingerprint density at radius 1 is 1.18 bits per heavy atom. The van der Waals surface area contributed by atoms with Crippen LogP contribution in [0.1, 0.15) is 25.7 Å². The summed E-state index contributed by atoms with van der Waals surface area (Å²) >= 11 is 0. The van der Waals surface area contributed by atoms with Crippen molar-refractivity contribution in [1.82, 2.24) is 5.32 Å². The van der Waals surface area contributed by atoms with Crippen LogP contribution in [0.3, 0.4) is 0 Å². The third kappa shape index (κ3) is 1.32. The predicted molar refractivity (Wildman–Crippen MR) is 43.3 cm³/mol. The fourth-order valence-corrected chi connectivity index (χ4v) is 1.92. The first-order valence-corrected chi connectivity index (χ1v) is 4.62. The zero-order valence-corrected chi connectivity index (χ0v) is 6.81. The highest BCUT2D eigenvalue weighted by Crippen LogP contribution is 2.30. The summed E-state index contributed by atoms with van der Waals surface area (Å²) in [5, 5.41) is 3.24. The summed E-state index contributed by atoms with van der Waals surface area (Å²) in [5.41, 5.74) is 0. The lowest BCUT2D eigenvalue weighted by atomic mass is 9.78. The molecule has 2 nitrogen and oxygen atoms in total. The number of hydrogen-bond acceptors (Lipinski definition) is 2. The van der Waals surface area contributed by atoms with Gasteiger partial charge in [-0.3, -0.25) is 4.79 Å². The van der Waals surface area contributed by atoms with Gasteiger partial charge in [0.05, 0.1) is 0 Å². The number of carbonyl (C=O) groups is 1. The zero-order chi connectivity index (χ0) is 7.68. The Kier molecular flexibility index (Phi) is 1.95. The van der Waals surface area contributed by atoms with Crippen LogP contribution in [-0.4, -0.2) is 18.9 Å². The second-order valence-corrected chi connectivity index (χ2v) is 3.72. The van der Waals surface area contributed by atoms with E-state index in [1.807, 2.05) is 0 Å². The first-order valence-electron chi connectivity index (χ1n) is 4.62. The van der Waals surface area contributed by atoms with E-state index in [0.717, 1.165) is 32.4 Å². The Morgan fingerprint density at radius 2 is 2.00 bits per heavy atom. The fourth-order valence-electron chi connectivity index (χ4n) is 1.92. The van der Waals surface area contributed by atoms with Crippen LogP contribution >= 0.6 is 0 Å². The molecule has 0 radical (unpaired) electrons. The van der Waals surface area contributed by atoms with Crippen molar-refractivity contribution in [3.05, 3.63) is 0 Å². The molecular formula is C9H15NO. The fraction of sp³-hybridized carbons (Fsp3) is 0.889. The SMILES string of the molecule is O=C(C1CCC1)C1CCNC1. The van der Waals surface area contributed by atoms with Gasteiger partial charge in [-0.25, -0.2) is 0 Å². The third-order valence-corrected chi connectivity index (χ3v) is 2.97. The summed E-state index contributed by atoms with van der Waals surface area (Å²) < 4.78 is 0. The van der Waals surface area contributed by atoms with E-state index < -0.39 is 0 Å². The van der Waals surface area contributed by atoms with E-state index in [1.54, 1.807) is 0 Å². The van der Waals surface area contributed by atoms with Gasteiger partial charge in [-0.2, -0.15) is 0 Å². The van der Waals surface area contributed by atoms with Gasteiger partial charge in [0.2, 0.25) is 0 Å². The van der Waals surface area contributed by atoms with Crippen LogP contribution in [0.4, 0.5) is 0 Å². The molecule has 2 rings (SSSR count). The molecule has 1 heterocycles. The molecule has 1 aliphatic carbocycles. The van der Waals surface area contributed by atoms with Crippen molar-refractivity contribution in [3.63, 3.8) is 0 Å². The van der Waals surface area contributed by atoms with Gasteiger partial charge in [0.1, 0.15) is 5.78 Å². The van der Waals surface area contributed by atoms with Gasteiger partial charge in [-0.1, -0.05) is 6.42 Å². The van der Waals surface area contributed by atoms with Gasteiger partial charge in [-0.15, -0.1) is 0 Å². The standard InChI is InChI=1S/C9H15NO/c11-9(7-2-1-3-7)8-4-5-10-6-8/h7-8,10H,1-6H2. The lowest BCUT2D eigenvalue weighted by Crippen LogP contribution is -2.29. The maximum atomic E-state index is 11.6. The molecule has 1 aliphatic heterocycles. The molecule has 2 aliphatic rings. The number of carbonyl (C=O) groups excluding carboxylic acids is 1. The summed E-state index contributed by atoms with van der Waals surface area (Å²) in [6, 6.07) is 0. The summed E-state index contributed by atoms with van der Waals surface area (Å²) in [7, 11) is 0. The highest BCUT2D eigenvalue weighted by atomic mass is 16.1. The van der Waals surface area contributed by atoms with Crippen LogP contribution in [0.5, 0.6) is 0 Å². The van der Waals surface area contributed by atoms with Crippen LogP contribution in [0, 0.1) is 11.8 Å². The lowest BCUT2D eigenvalue weighted by molar-refractivity contribution is -0.128. The topological polar surface area (TPSA) is 29.1 Å². The number of hydrogen-bond donors (Lipinski definition) is 1. The van der Waals surface area contributed by atoms with Gasteiger partial charge in [0.15, 0.2) is 0 Å². The molecule has 11 heavy (non-hydrogen) atoms. The average molecular weight is 153 g/mol. The van der Waals surface area contributed by atoms with E-state index in [4.69, 9.17) is 0 Å². The van der Waals surface area contributed by atoms with Crippen molar-refractivity contribution < 1.29 is 4.79 Å². The van der Waals surface area contributed by atoms with Crippen LogP contribution in [0.15, 0.2) is 0 Å². The first kappa shape index (κ1) is 7.29. The first-order chi connectivity index (χ1) is 5.38. The highest BCUT2D eigenvalue weighted by Gasteiger charge is 2.32. The molecule has 62 valence electrons. The molecule has 1 saturated carbocycles. The van der Waals surface area contributed by atoms with Crippen molar-refractivity contribution in [2.45, 2.75) is 25.7 Å². The van der Waals surface area contributed by atoms with Crippen molar-refractivity contribution in [1.29, 1.82) is 0 Å². The van der Waals surface area contributed by atoms with Crippen molar-refractivity contribution >= 4 is 5.78 Å². The molecule has 0 aromatic carbocycles. The van der Waals surface area contributed by atoms with Gasteiger partial charge >= 0.3 is 0 Å². The second-order valence-electron chi connectivity index (χ2n) is 3.72. The summed E-state index contributed by atoms with van der Waals surface area (Å²) in [6.45, 7) is 1.98. The normalized spacial score (nSPS) is 31.8. The van der Waals surface area contributed by atoms with Crippen LogP contribution in [0.2, 0.25) is 0 Å². The second kappa shape index (κ2) is 2.94. The minimum Gasteiger partial charge on any atom is -0.316 e. The number of rotatable bonds is 2. The smallest absolute Gasteiger partial charge is 0.140 e. The molecule has 0 aromatic rings. The molecular weight excluding hydrogens is 138 g/mol. The Hall–Kier alpha value is -0.370. The quantitative estimate of drug-likeness (QED) is 0.640. The molecule has 0 amide bonds. The van der Waals surface area contributed by atoms with E-state index in [-0.39, 0.29) is 0 Å². The summed E-state index contributed by atoms with van der Waals surface area (Å²) in [6.07, 6.45) is 4.68. The third-order valence-electron chi connectivity index (χ3n) is 2.97. The number of ketones is 1. The van der Waals surface area contributed by atoms with E-state index in [2.05, 4.69) is 5.32 Å². The van der Waals surface area contributed by atoms with E-state index in [0.29, 0.717) is 17.6 Å². The number of nitrogens with one attached hydrogen (secondary N) is 1. The maximum Gasteiger partial charge on any atom is 0.140 e. The van der Waals surface area contributed by atoms with E-state index in [1.165, 1.54) is 6.42 Å². The van der Waals surface area contributed by atoms with Crippen molar-refractivity contribution in [2.24, 2.45) is 11.8 Å². The zero-order valence-electron chi connectivity index (χ0n) is 6.81. The van der Waals surface area contributed by atoms with Crippen molar-refractivity contribution in [2.75, 3.05) is 13.1 Å². The molecule has 1 N–H and O–H groups in total. The van der Waals surface area contributed by atoms with Gasteiger partial charge < -0.3 is 5.32 Å². The van der Waals surface area contributed by atoms with Gasteiger partial charge in [0.25, 0.3) is 0 Å². The molecule has 1 unspecified atom stereocenters. The molecule has 1 saturated heterocycles. The molecule has 0 aromatic heterocycles. The van der Waals surface area contributed by atoms with Crippen molar-refractivity contribution in [3.8, 4) is 0 Å². The summed E-state index contributed by atoms with van der Waals surface area (Å²) in [5.74, 6) is 1.35. The van der Waals surface area contributed by atoms with E-state index >= 15 is 0 Å². The van der Waals surface area contributed by atoms with Gasteiger partial charge in [-0.05, 0) is 25.8 Å². The molecule has 0 spiro atoms. The lowest BCUT2D eigenvalue weighted by Gasteiger charge is -2.26. The largest absolute Gasteiger partial charge is 0.316 e. The monoisotopic (exact) mass is 153 g/mol. The van der Waals surface area contributed by atoms with Crippen LogP contribution < -0.4 is 5.32 Å². The average Bonchev–Trinajstić information content (AvgIpc) is 2.32. The number of Topliss-reactive ketones (excluding diaryl/α,β-unsaturated/α-hetero) is 1. The molecule has 2 heteroatoms. The van der Waals surface area contributed by atoms with Gasteiger partial charge in [0, 0.05) is 18.4 Å². The Labute approximate surface area is 67.4 Å². The Balaban J connectivity index is 1.87. The maximum absolute atomic E-state index is 11.6. The van der Waals surface area contributed by atoms with Crippen LogP contribution in [0.25, 0.3) is 0 Å². The highest BCUT2D eigenvalue weighted by molar-refractivity contribution is 5.84. The minimum absolute atomic E-state index is 0.361. The molecule has 2 fully saturated rings. The molecule has 0 bridgehead atoms. The Bertz CT molecular complexity index is 157. The minimum atomic E-state index is 0.361. The predicted octanol–water partition coefficient (Wildman–Crippen LogP) is 0.965. The summed E-state index contributed by atoms with van der Waals surface area (Å²) in [4.78, 5) is 11.6. The molecule has 1 atom stereocenters.